The minimum Gasteiger partial charge on any atom is -0.489 e. The third-order valence-electron chi connectivity index (χ3n) is 5.03. The van der Waals surface area contributed by atoms with Crippen molar-refractivity contribution >= 4 is 5.91 Å². The molecule has 25 heavy (non-hydrogen) atoms. The molecule has 2 aromatic rings. The second-order valence-electron chi connectivity index (χ2n) is 6.73. The number of aromatic nitrogens is 3. The van der Waals surface area contributed by atoms with Crippen molar-refractivity contribution in [2.75, 3.05) is 19.7 Å². The summed E-state index contributed by atoms with van der Waals surface area (Å²) in [4.78, 5) is 19.2. The highest BCUT2D eigenvalue weighted by molar-refractivity contribution is 5.97. The van der Waals surface area contributed by atoms with Gasteiger partial charge in [-0.1, -0.05) is 19.1 Å². The normalized spacial score (nSPS) is 25.6. The standard InChI is InChI=1S/C18H22N4O3/c1-10-11(2)25-16-13(10)5-4-6-14(16)18(23)22-7-8-24-15(9-22)17-19-12(3)20-21-17/h4-6,10-11,15H,7-9H2,1-3H3,(H,19,20,21)/t10-,11-,15-/m0/s1. The van der Waals surface area contributed by atoms with Crippen LogP contribution in [0.5, 0.6) is 5.75 Å². The van der Waals surface area contributed by atoms with Crippen LogP contribution in [-0.4, -0.2) is 51.8 Å². The van der Waals surface area contributed by atoms with Crippen molar-refractivity contribution in [3.8, 4) is 5.75 Å². The van der Waals surface area contributed by atoms with Crippen LogP contribution in [0.15, 0.2) is 18.2 Å². The minimum absolute atomic E-state index is 0.0290. The SMILES string of the molecule is Cc1nc([C@@H]2CN(C(=O)c3cccc4c3O[C@@H](C)[C@@H]4C)CCO2)n[nH]1. The van der Waals surface area contributed by atoms with Crippen LogP contribution in [0, 0.1) is 6.92 Å². The number of H-pyrrole nitrogens is 1. The lowest BCUT2D eigenvalue weighted by Gasteiger charge is -2.32. The first kappa shape index (κ1) is 16.1. The number of fused-ring (bicyclic) bond motifs is 1. The molecule has 0 saturated carbocycles. The molecule has 0 aliphatic carbocycles. The molecule has 7 heteroatoms. The van der Waals surface area contributed by atoms with E-state index in [1.165, 1.54) is 0 Å². The minimum atomic E-state index is -0.307. The quantitative estimate of drug-likeness (QED) is 0.905. The summed E-state index contributed by atoms with van der Waals surface area (Å²) in [5.41, 5.74) is 1.73. The fraction of sp³-hybridized carbons (Fsp3) is 0.500. The number of amides is 1. The molecule has 0 unspecified atom stereocenters. The molecule has 1 saturated heterocycles. The van der Waals surface area contributed by atoms with Gasteiger partial charge in [-0.05, 0) is 19.9 Å². The molecule has 4 rings (SSSR count). The van der Waals surface area contributed by atoms with Crippen LogP contribution in [0.25, 0.3) is 0 Å². The molecule has 1 N–H and O–H groups in total. The van der Waals surface area contributed by atoms with Gasteiger partial charge in [0.15, 0.2) is 5.82 Å². The van der Waals surface area contributed by atoms with Gasteiger partial charge >= 0.3 is 0 Å². The van der Waals surface area contributed by atoms with Gasteiger partial charge in [-0.2, -0.15) is 5.10 Å². The first-order valence-corrected chi connectivity index (χ1v) is 8.64. The van der Waals surface area contributed by atoms with Crippen molar-refractivity contribution in [1.82, 2.24) is 20.1 Å². The molecule has 2 aliphatic heterocycles. The molecule has 2 aliphatic rings. The van der Waals surface area contributed by atoms with E-state index in [4.69, 9.17) is 9.47 Å². The first-order chi connectivity index (χ1) is 12.0. The monoisotopic (exact) mass is 342 g/mol. The number of carbonyl (C=O) groups excluding carboxylic acids is 1. The Labute approximate surface area is 146 Å². The van der Waals surface area contributed by atoms with Crippen molar-refractivity contribution in [2.24, 2.45) is 0 Å². The number of benzene rings is 1. The fourth-order valence-electron chi connectivity index (χ4n) is 3.42. The van der Waals surface area contributed by atoms with Crippen LogP contribution in [0.4, 0.5) is 0 Å². The third kappa shape index (κ3) is 2.78. The summed E-state index contributed by atoms with van der Waals surface area (Å²) in [5.74, 6) is 2.31. The lowest BCUT2D eigenvalue weighted by Crippen LogP contribution is -2.42. The highest BCUT2D eigenvalue weighted by atomic mass is 16.5. The maximum Gasteiger partial charge on any atom is 0.257 e. The number of ether oxygens (including phenoxy) is 2. The van der Waals surface area contributed by atoms with Gasteiger partial charge in [-0.3, -0.25) is 9.89 Å². The Morgan fingerprint density at radius 3 is 2.96 bits per heavy atom. The van der Waals surface area contributed by atoms with E-state index in [0.29, 0.717) is 31.1 Å². The smallest absolute Gasteiger partial charge is 0.257 e. The van der Waals surface area contributed by atoms with E-state index in [-0.39, 0.29) is 24.0 Å². The summed E-state index contributed by atoms with van der Waals surface area (Å²) >= 11 is 0. The van der Waals surface area contributed by atoms with E-state index in [1.807, 2.05) is 32.0 Å². The van der Waals surface area contributed by atoms with Crippen molar-refractivity contribution in [3.05, 3.63) is 41.0 Å². The van der Waals surface area contributed by atoms with Crippen molar-refractivity contribution in [3.63, 3.8) is 0 Å². The van der Waals surface area contributed by atoms with Gasteiger partial charge in [-0.15, -0.1) is 0 Å². The van der Waals surface area contributed by atoms with Gasteiger partial charge in [-0.25, -0.2) is 4.98 Å². The molecule has 0 radical (unpaired) electrons. The molecule has 3 heterocycles. The van der Waals surface area contributed by atoms with Crippen LogP contribution in [0.2, 0.25) is 0 Å². The number of nitrogens with zero attached hydrogens (tertiary/aromatic N) is 3. The summed E-state index contributed by atoms with van der Waals surface area (Å²) < 4.78 is 11.7. The number of hydrogen-bond acceptors (Lipinski definition) is 5. The van der Waals surface area contributed by atoms with E-state index in [0.717, 1.165) is 17.1 Å². The van der Waals surface area contributed by atoms with Gasteiger partial charge in [0, 0.05) is 18.0 Å². The second-order valence-corrected chi connectivity index (χ2v) is 6.73. The zero-order valence-corrected chi connectivity index (χ0v) is 14.7. The molecule has 3 atom stereocenters. The van der Waals surface area contributed by atoms with Gasteiger partial charge in [0.2, 0.25) is 0 Å². The number of hydrogen-bond donors (Lipinski definition) is 1. The number of para-hydroxylation sites is 1. The number of rotatable bonds is 2. The van der Waals surface area contributed by atoms with E-state index >= 15 is 0 Å². The summed E-state index contributed by atoms with van der Waals surface area (Å²) in [6, 6.07) is 5.81. The lowest BCUT2D eigenvalue weighted by atomic mass is 9.96. The maximum atomic E-state index is 13.1. The van der Waals surface area contributed by atoms with Crippen molar-refractivity contribution in [1.29, 1.82) is 0 Å². The maximum absolute atomic E-state index is 13.1. The van der Waals surface area contributed by atoms with Gasteiger partial charge in [0.25, 0.3) is 5.91 Å². The van der Waals surface area contributed by atoms with Crippen molar-refractivity contribution in [2.45, 2.75) is 38.9 Å². The molecular formula is C18H22N4O3. The van der Waals surface area contributed by atoms with E-state index < -0.39 is 0 Å². The molecule has 1 aromatic heterocycles. The predicted molar refractivity (Wildman–Crippen MR) is 90.7 cm³/mol. The van der Waals surface area contributed by atoms with Crippen molar-refractivity contribution < 1.29 is 14.3 Å². The molecule has 1 fully saturated rings. The predicted octanol–water partition coefficient (Wildman–Crippen LogP) is 2.21. The van der Waals surface area contributed by atoms with Crippen LogP contribution >= 0.6 is 0 Å². The zero-order chi connectivity index (χ0) is 17.6. The summed E-state index contributed by atoms with van der Waals surface area (Å²) in [6.45, 7) is 7.46. The fourth-order valence-corrected chi connectivity index (χ4v) is 3.42. The molecular weight excluding hydrogens is 320 g/mol. The Balaban J connectivity index is 1.58. The molecule has 7 nitrogen and oxygen atoms in total. The van der Waals surface area contributed by atoms with E-state index in [9.17, 15) is 4.79 Å². The average molecular weight is 342 g/mol. The lowest BCUT2D eigenvalue weighted by molar-refractivity contribution is -0.0267. The van der Waals surface area contributed by atoms with Gasteiger partial charge < -0.3 is 14.4 Å². The molecule has 1 aromatic carbocycles. The van der Waals surface area contributed by atoms with E-state index in [1.54, 1.807) is 4.90 Å². The summed E-state index contributed by atoms with van der Waals surface area (Å²) in [5, 5.41) is 6.98. The first-order valence-electron chi connectivity index (χ1n) is 8.64. The van der Waals surface area contributed by atoms with Gasteiger partial charge in [0.1, 0.15) is 23.8 Å². The Hall–Kier alpha value is -2.41. The zero-order valence-electron chi connectivity index (χ0n) is 14.7. The van der Waals surface area contributed by atoms with Gasteiger partial charge in [0.05, 0.1) is 18.7 Å². The van der Waals surface area contributed by atoms with Crippen LogP contribution in [-0.2, 0) is 4.74 Å². The number of carbonyl (C=O) groups is 1. The summed E-state index contributed by atoms with van der Waals surface area (Å²) in [7, 11) is 0. The number of aryl methyl sites for hydroxylation is 1. The largest absolute Gasteiger partial charge is 0.489 e. The highest BCUT2D eigenvalue weighted by Crippen LogP contribution is 2.40. The number of nitrogens with one attached hydrogen (secondary N) is 1. The molecule has 1 amide bonds. The van der Waals surface area contributed by atoms with Crippen LogP contribution in [0.1, 0.15) is 53.4 Å². The van der Waals surface area contributed by atoms with Crippen LogP contribution < -0.4 is 4.74 Å². The summed E-state index contributed by atoms with van der Waals surface area (Å²) in [6.07, 6.45) is -0.226. The third-order valence-corrected chi connectivity index (χ3v) is 5.03. The Morgan fingerprint density at radius 1 is 1.36 bits per heavy atom. The molecule has 0 spiro atoms. The molecule has 0 bridgehead atoms. The van der Waals surface area contributed by atoms with Crippen LogP contribution in [0.3, 0.4) is 0 Å². The van der Waals surface area contributed by atoms with E-state index in [2.05, 4.69) is 22.1 Å². The molecule has 132 valence electrons. The Morgan fingerprint density at radius 2 is 2.20 bits per heavy atom. The highest BCUT2D eigenvalue weighted by Gasteiger charge is 2.34. The Bertz CT molecular complexity index is 803. The number of morpholine rings is 1. The Kier molecular flexibility index (Phi) is 3.95. The second kappa shape index (κ2) is 6.15. The average Bonchev–Trinajstić information content (AvgIpc) is 3.18. The topological polar surface area (TPSA) is 80.3 Å². The number of aromatic amines is 1.